The minimum atomic E-state index is -0.453. The van der Waals surface area contributed by atoms with E-state index in [4.69, 9.17) is 4.74 Å². The fourth-order valence-electron chi connectivity index (χ4n) is 4.15. The maximum absolute atomic E-state index is 12.4. The molecule has 1 amide bonds. The molecule has 9 nitrogen and oxygen atoms in total. The van der Waals surface area contributed by atoms with Crippen molar-refractivity contribution in [3.05, 3.63) is 11.6 Å². The molecular formula is C21H37N7O2. The van der Waals surface area contributed by atoms with Gasteiger partial charge in [0.15, 0.2) is 5.96 Å². The predicted molar refractivity (Wildman–Crippen MR) is 116 cm³/mol. The van der Waals surface area contributed by atoms with E-state index in [-0.39, 0.29) is 12.1 Å². The van der Waals surface area contributed by atoms with Crippen LogP contribution < -0.4 is 10.6 Å². The van der Waals surface area contributed by atoms with Crippen LogP contribution in [0, 0.1) is 12.8 Å². The van der Waals surface area contributed by atoms with E-state index in [2.05, 4.69) is 25.7 Å². The average molecular weight is 420 g/mol. The zero-order valence-electron chi connectivity index (χ0n) is 19.1. The van der Waals surface area contributed by atoms with Crippen molar-refractivity contribution in [1.29, 1.82) is 0 Å². The van der Waals surface area contributed by atoms with Crippen LogP contribution in [-0.2, 0) is 11.3 Å². The van der Waals surface area contributed by atoms with Crippen LogP contribution >= 0.6 is 0 Å². The maximum Gasteiger partial charge on any atom is 0.410 e. The van der Waals surface area contributed by atoms with E-state index in [0.717, 1.165) is 75.9 Å². The first-order valence-electron chi connectivity index (χ1n) is 11.1. The summed E-state index contributed by atoms with van der Waals surface area (Å²) in [4.78, 5) is 23.2. The molecule has 0 aromatic carbocycles. The number of aromatic nitrogens is 3. The van der Waals surface area contributed by atoms with E-state index in [0.29, 0.717) is 5.92 Å². The summed E-state index contributed by atoms with van der Waals surface area (Å²) in [5, 5.41) is 11.4. The Morgan fingerprint density at radius 1 is 1.27 bits per heavy atom. The third-order valence-electron chi connectivity index (χ3n) is 5.53. The molecule has 2 unspecified atom stereocenters. The summed E-state index contributed by atoms with van der Waals surface area (Å²) in [5.74, 6) is 3.06. The highest BCUT2D eigenvalue weighted by atomic mass is 16.6. The number of fused-ring (bicyclic) bond motifs is 1. The lowest BCUT2D eigenvalue weighted by Gasteiger charge is -2.34. The van der Waals surface area contributed by atoms with Gasteiger partial charge in [-0.25, -0.2) is 14.5 Å². The SMILES string of the molecule is CN=C(NCCC1CCCN(C(=O)OC(C)(C)C)C1)NC1CCCn2nc(C)nc21. The third-order valence-corrected chi connectivity index (χ3v) is 5.53. The van der Waals surface area contributed by atoms with Gasteiger partial charge >= 0.3 is 6.09 Å². The van der Waals surface area contributed by atoms with Crippen molar-refractivity contribution < 1.29 is 9.53 Å². The Morgan fingerprint density at radius 3 is 2.77 bits per heavy atom. The fraction of sp³-hybridized carbons (Fsp3) is 0.810. The van der Waals surface area contributed by atoms with Gasteiger partial charge in [0.2, 0.25) is 0 Å². The minimum absolute atomic E-state index is 0.128. The highest BCUT2D eigenvalue weighted by molar-refractivity contribution is 5.80. The molecule has 1 fully saturated rings. The molecule has 0 radical (unpaired) electrons. The number of nitrogens with zero attached hydrogens (tertiary/aromatic N) is 5. The number of guanidine groups is 1. The second-order valence-electron chi connectivity index (χ2n) is 9.30. The first-order valence-corrected chi connectivity index (χ1v) is 11.1. The normalized spacial score (nSPS) is 22.4. The van der Waals surface area contributed by atoms with Crippen molar-refractivity contribution in [1.82, 2.24) is 30.3 Å². The van der Waals surface area contributed by atoms with Crippen molar-refractivity contribution in [3.63, 3.8) is 0 Å². The lowest BCUT2D eigenvalue weighted by Crippen LogP contribution is -2.44. The fourth-order valence-corrected chi connectivity index (χ4v) is 4.15. The number of aryl methyl sites for hydroxylation is 2. The van der Waals surface area contributed by atoms with Crippen molar-refractivity contribution in [2.24, 2.45) is 10.9 Å². The van der Waals surface area contributed by atoms with E-state index in [9.17, 15) is 4.79 Å². The molecule has 1 aromatic heterocycles. The van der Waals surface area contributed by atoms with Gasteiger partial charge in [0.1, 0.15) is 17.2 Å². The molecule has 1 aromatic rings. The molecule has 2 atom stereocenters. The molecule has 0 bridgehead atoms. The molecule has 3 heterocycles. The Kier molecular flexibility index (Phi) is 7.20. The summed E-state index contributed by atoms with van der Waals surface area (Å²) in [6.07, 6.45) is 5.04. The molecule has 0 spiro atoms. The smallest absolute Gasteiger partial charge is 0.410 e. The summed E-state index contributed by atoms with van der Waals surface area (Å²) in [6, 6.07) is 0.128. The Balaban J connectivity index is 1.45. The van der Waals surface area contributed by atoms with Gasteiger partial charge in [-0.3, -0.25) is 4.99 Å². The number of amides is 1. The summed E-state index contributed by atoms with van der Waals surface area (Å²) in [5.41, 5.74) is -0.453. The lowest BCUT2D eigenvalue weighted by molar-refractivity contribution is 0.0162. The Bertz CT molecular complexity index is 753. The molecule has 2 aliphatic rings. The number of carbonyl (C=O) groups is 1. The number of hydrogen-bond acceptors (Lipinski definition) is 5. The highest BCUT2D eigenvalue weighted by Gasteiger charge is 2.28. The number of ether oxygens (including phenoxy) is 1. The highest BCUT2D eigenvalue weighted by Crippen LogP contribution is 2.23. The van der Waals surface area contributed by atoms with Gasteiger partial charge in [0, 0.05) is 33.2 Å². The number of carbonyl (C=O) groups excluding carboxylic acids is 1. The largest absolute Gasteiger partial charge is 0.444 e. The van der Waals surface area contributed by atoms with E-state index >= 15 is 0 Å². The predicted octanol–water partition coefficient (Wildman–Crippen LogP) is 2.62. The molecule has 2 aliphatic heterocycles. The van der Waals surface area contributed by atoms with Gasteiger partial charge in [-0.2, -0.15) is 5.10 Å². The number of likely N-dealkylation sites (tertiary alicyclic amines) is 1. The number of nitrogens with one attached hydrogen (secondary N) is 2. The van der Waals surface area contributed by atoms with Gasteiger partial charge < -0.3 is 20.3 Å². The van der Waals surface area contributed by atoms with Gasteiger partial charge in [0.05, 0.1) is 6.04 Å². The van der Waals surface area contributed by atoms with Crippen LogP contribution in [-0.4, -0.2) is 64.0 Å². The molecule has 0 aliphatic carbocycles. The zero-order chi connectivity index (χ0) is 21.7. The second-order valence-corrected chi connectivity index (χ2v) is 9.30. The molecule has 30 heavy (non-hydrogen) atoms. The first kappa shape index (κ1) is 22.4. The van der Waals surface area contributed by atoms with Crippen molar-refractivity contribution in [2.45, 2.75) is 78.0 Å². The Labute approximate surface area is 179 Å². The standard InChI is InChI=1S/C21H37N7O2/c1-15-24-18-17(9-7-13-28(18)26-15)25-19(22-5)23-11-10-16-8-6-12-27(14-16)20(29)30-21(2,3)4/h16-17H,6-14H2,1-5H3,(H2,22,23,25). The lowest BCUT2D eigenvalue weighted by atomic mass is 9.95. The molecular weight excluding hydrogens is 382 g/mol. The Morgan fingerprint density at radius 2 is 2.03 bits per heavy atom. The molecule has 3 rings (SSSR count). The topological polar surface area (TPSA) is 96.7 Å². The number of hydrogen-bond donors (Lipinski definition) is 2. The molecule has 0 saturated carbocycles. The first-order chi connectivity index (χ1) is 14.2. The number of piperidine rings is 1. The molecule has 1 saturated heterocycles. The summed E-state index contributed by atoms with van der Waals surface area (Å²) >= 11 is 0. The van der Waals surface area contributed by atoms with E-state index in [1.54, 1.807) is 7.05 Å². The van der Waals surface area contributed by atoms with Crippen molar-refractivity contribution in [3.8, 4) is 0 Å². The quantitative estimate of drug-likeness (QED) is 0.575. The summed E-state index contributed by atoms with van der Waals surface area (Å²) in [7, 11) is 1.79. The zero-order valence-corrected chi connectivity index (χ0v) is 19.1. The van der Waals surface area contributed by atoms with Gasteiger partial charge in [0.25, 0.3) is 0 Å². The monoisotopic (exact) mass is 419 g/mol. The van der Waals surface area contributed by atoms with E-state index in [1.807, 2.05) is 37.3 Å². The van der Waals surface area contributed by atoms with Crippen LogP contribution in [0.5, 0.6) is 0 Å². The third kappa shape index (κ3) is 6.09. The van der Waals surface area contributed by atoms with Crippen LogP contribution in [0.25, 0.3) is 0 Å². The van der Waals surface area contributed by atoms with Crippen LogP contribution in [0.15, 0.2) is 4.99 Å². The number of aliphatic imine (C=N–C) groups is 1. The molecule has 2 N–H and O–H groups in total. The van der Waals surface area contributed by atoms with Crippen LogP contribution in [0.1, 0.15) is 70.6 Å². The second kappa shape index (κ2) is 9.66. The van der Waals surface area contributed by atoms with Crippen molar-refractivity contribution in [2.75, 3.05) is 26.7 Å². The van der Waals surface area contributed by atoms with Gasteiger partial charge in [-0.15, -0.1) is 0 Å². The van der Waals surface area contributed by atoms with Crippen molar-refractivity contribution >= 4 is 12.1 Å². The maximum atomic E-state index is 12.4. The van der Waals surface area contributed by atoms with Gasteiger partial charge in [-0.05, 0) is 65.7 Å². The van der Waals surface area contributed by atoms with Gasteiger partial charge in [-0.1, -0.05) is 0 Å². The minimum Gasteiger partial charge on any atom is -0.444 e. The summed E-state index contributed by atoms with van der Waals surface area (Å²) < 4.78 is 7.53. The van der Waals surface area contributed by atoms with E-state index in [1.165, 1.54) is 0 Å². The number of rotatable bonds is 4. The van der Waals surface area contributed by atoms with Crippen LogP contribution in [0.4, 0.5) is 4.79 Å². The summed E-state index contributed by atoms with van der Waals surface area (Å²) in [6.45, 7) is 10.9. The Hall–Kier alpha value is -2.32. The van der Waals surface area contributed by atoms with Crippen LogP contribution in [0.3, 0.4) is 0 Å². The molecule has 9 heteroatoms. The molecule has 168 valence electrons. The average Bonchev–Trinajstić information content (AvgIpc) is 3.07. The van der Waals surface area contributed by atoms with Crippen LogP contribution in [0.2, 0.25) is 0 Å². The van der Waals surface area contributed by atoms with E-state index < -0.39 is 5.60 Å².